The van der Waals surface area contributed by atoms with Crippen molar-refractivity contribution in [1.82, 2.24) is 0 Å². The molecule has 1 aliphatic carbocycles. The van der Waals surface area contributed by atoms with E-state index in [-0.39, 0.29) is 11.9 Å². The molecule has 2 nitrogen and oxygen atoms in total. The van der Waals surface area contributed by atoms with E-state index in [9.17, 15) is 4.39 Å². The smallest absolute Gasteiger partial charge is 0.165 e. The second kappa shape index (κ2) is 4.66. The molecular weight excluding hydrogens is 205 g/mol. The molecule has 0 bridgehead atoms. The van der Waals surface area contributed by atoms with Crippen molar-refractivity contribution in [2.24, 2.45) is 5.73 Å². The Bertz CT molecular complexity index is 414. The van der Waals surface area contributed by atoms with Crippen molar-refractivity contribution in [3.8, 4) is 5.75 Å². The van der Waals surface area contributed by atoms with Gasteiger partial charge in [0.1, 0.15) is 0 Å². The third kappa shape index (κ3) is 2.42. The Balaban J connectivity index is 2.11. The summed E-state index contributed by atoms with van der Waals surface area (Å²) in [6.07, 6.45) is 4.90. The van der Waals surface area contributed by atoms with Gasteiger partial charge < -0.3 is 10.5 Å². The third-order valence-corrected chi connectivity index (χ3v) is 2.90. The van der Waals surface area contributed by atoms with Crippen molar-refractivity contribution in [2.45, 2.75) is 25.3 Å². The first kappa shape index (κ1) is 11.1. The van der Waals surface area contributed by atoms with Gasteiger partial charge in [0, 0.05) is 6.04 Å². The highest BCUT2D eigenvalue weighted by atomic mass is 19.1. The molecular formula is C13H16FNO. The summed E-state index contributed by atoms with van der Waals surface area (Å²) in [5, 5.41) is 0. The summed E-state index contributed by atoms with van der Waals surface area (Å²) >= 11 is 0. The van der Waals surface area contributed by atoms with Gasteiger partial charge in [-0.05, 0) is 37.0 Å². The highest BCUT2D eigenvalue weighted by Crippen LogP contribution is 2.24. The quantitative estimate of drug-likeness (QED) is 0.795. The first-order valence-electron chi connectivity index (χ1n) is 5.46. The zero-order valence-corrected chi connectivity index (χ0v) is 9.37. The number of hydrogen-bond acceptors (Lipinski definition) is 2. The Kier molecular flexibility index (Phi) is 3.25. The fourth-order valence-corrected chi connectivity index (χ4v) is 2.05. The van der Waals surface area contributed by atoms with Crippen molar-refractivity contribution >= 4 is 0 Å². The second-order valence-corrected chi connectivity index (χ2v) is 4.17. The molecule has 0 heterocycles. The fraction of sp³-hybridized carbons (Fsp3) is 0.385. The molecule has 2 N–H and O–H groups in total. The van der Waals surface area contributed by atoms with Gasteiger partial charge >= 0.3 is 0 Å². The number of benzene rings is 1. The van der Waals surface area contributed by atoms with Crippen LogP contribution in [0, 0.1) is 5.82 Å². The normalized spacial score (nSPS) is 19.7. The van der Waals surface area contributed by atoms with Gasteiger partial charge in [0.2, 0.25) is 0 Å². The van der Waals surface area contributed by atoms with Crippen LogP contribution >= 0.6 is 0 Å². The van der Waals surface area contributed by atoms with Crippen molar-refractivity contribution in [3.05, 3.63) is 41.2 Å². The molecule has 0 saturated carbocycles. The summed E-state index contributed by atoms with van der Waals surface area (Å²) < 4.78 is 18.3. The van der Waals surface area contributed by atoms with Crippen molar-refractivity contribution in [1.29, 1.82) is 0 Å². The van der Waals surface area contributed by atoms with E-state index in [4.69, 9.17) is 10.5 Å². The molecule has 86 valence electrons. The average Bonchev–Trinajstić information content (AvgIpc) is 2.64. The number of halogens is 1. The van der Waals surface area contributed by atoms with Gasteiger partial charge in [-0.3, -0.25) is 0 Å². The first-order chi connectivity index (χ1) is 7.69. The minimum atomic E-state index is -0.303. The zero-order valence-electron chi connectivity index (χ0n) is 9.37. The van der Waals surface area contributed by atoms with E-state index < -0.39 is 0 Å². The number of hydrogen-bond donors (Lipinski definition) is 1. The molecule has 0 aromatic heterocycles. The van der Waals surface area contributed by atoms with Crippen LogP contribution in [0.5, 0.6) is 5.75 Å². The lowest BCUT2D eigenvalue weighted by Gasteiger charge is -2.05. The second-order valence-electron chi connectivity index (χ2n) is 4.17. The van der Waals surface area contributed by atoms with Crippen LogP contribution < -0.4 is 10.5 Å². The van der Waals surface area contributed by atoms with E-state index in [1.54, 1.807) is 6.07 Å². The number of ether oxygens (including phenoxy) is 1. The van der Waals surface area contributed by atoms with Crippen molar-refractivity contribution < 1.29 is 9.13 Å². The molecule has 0 aliphatic heterocycles. The minimum Gasteiger partial charge on any atom is -0.494 e. The van der Waals surface area contributed by atoms with Gasteiger partial charge in [-0.1, -0.05) is 17.7 Å². The summed E-state index contributed by atoms with van der Waals surface area (Å²) in [7, 11) is 1.47. The lowest BCUT2D eigenvalue weighted by atomic mass is 10.0. The third-order valence-electron chi connectivity index (χ3n) is 2.90. The summed E-state index contributed by atoms with van der Waals surface area (Å²) in [6, 6.07) is 5.27. The molecule has 1 aromatic rings. The van der Waals surface area contributed by atoms with E-state index in [2.05, 4.69) is 6.08 Å². The molecule has 1 unspecified atom stereocenters. The van der Waals surface area contributed by atoms with Crippen LogP contribution in [0.15, 0.2) is 29.8 Å². The zero-order chi connectivity index (χ0) is 11.5. The SMILES string of the molecule is COc1ccc(CC2=CC(N)CC2)cc1F. The van der Waals surface area contributed by atoms with Gasteiger partial charge in [0.25, 0.3) is 0 Å². The van der Waals surface area contributed by atoms with Crippen LogP contribution in [0.1, 0.15) is 18.4 Å². The monoisotopic (exact) mass is 221 g/mol. The van der Waals surface area contributed by atoms with E-state index in [0.717, 1.165) is 24.8 Å². The van der Waals surface area contributed by atoms with Gasteiger partial charge in [0.05, 0.1) is 7.11 Å². The Morgan fingerprint density at radius 1 is 1.50 bits per heavy atom. The van der Waals surface area contributed by atoms with E-state index in [0.29, 0.717) is 5.75 Å². The van der Waals surface area contributed by atoms with Crippen LogP contribution in [0.3, 0.4) is 0 Å². The van der Waals surface area contributed by atoms with E-state index >= 15 is 0 Å². The van der Waals surface area contributed by atoms with Gasteiger partial charge in [0.15, 0.2) is 11.6 Å². The molecule has 16 heavy (non-hydrogen) atoms. The molecule has 3 heteroatoms. The number of methoxy groups -OCH3 is 1. The Hall–Kier alpha value is -1.35. The van der Waals surface area contributed by atoms with Gasteiger partial charge in [-0.25, -0.2) is 4.39 Å². The van der Waals surface area contributed by atoms with Crippen LogP contribution in [-0.4, -0.2) is 13.2 Å². The van der Waals surface area contributed by atoms with Crippen molar-refractivity contribution in [2.75, 3.05) is 7.11 Å². The molecule has 0 radical (unpaired) electrons. The maximum Gasteiger partial charge on any atom is 0.165 e. The maximum atomic E-state index is 13.4. The minimum absolute atomic E-state index is 0.179. The first-order valence-corrected chi connectivity index (χ1v) is 5.46. The molecule has 1 aliphatic rings. The number of rotatable bonds is 3. The van der Waals surface area contributed by atoms with Crippen LogP contribution in [0.4, 0.5) is 4.39 Å². The van der Waals surface area contributed by atoms with E-state index in [1.807, 2.05) is 6.07 Å². The molecule has 0 spiro atoms. The number of allylic oxidation sites excluding steroid dienone is 1. The van der Waals surface area contributed by atoms with Crippen LogP contribution in [0.25, 0.3) is 0 Å². The van der Waals surface area contributed by atoms with Gasteiger partial charge in [-0.2, -0.15) is 0 Å². The molecule has 2 rings (SSSR count). The topological polar surface area (TPSA) is 35.2 Å². The summed E-state index contributed by atoms with van der Waals surface area (Å²) in [5.74, 6) is -0.0104. The Morgan fingerprint density at radius 3 is 2.88 bits per heavy atom. The predicted molar refractivity (Wildman–Crippen MR) is 61.9 cm³/mol. The standard InChI is InChI=1S/C13H16FNO/c1-16-13-5-3-10(8-12(13)14)6-9-2-4-11(15)7-9/h3,5,7-8,11H,2,4,6,15H2,1H3. The highest BCUT2D eigenvalue weighted by molar-refractivity contribution is 5.32. The van der Waals surface area contributed by atoms with Crippen LogP contribution in [0.2, 0.25) is 0 Å². The fourth-order valence-electron chi connectivity index (χ4n) is 2.05. The van der Waals surface area contributed by atoms with Crippen molar-refractivity contribution in [3.63, 3.8) is 0 Å². The number of nitrogens with two attached hydrogens (primary N) is 1. The lowest BCUT2D eigenvalue weighted by molar-refractivity contribution is 0.386. The van der Waals surface area contributed by atoms with Gasteiger partial charge in [-0.15, -0.1) is 0 Å². The Morgan fingerprint density at radius 2 is 2.31 bits per heavy atom. The molecule has 0 fully saturated rings. The molecule has 0 amide bonds. The highest BCUT2D eigenvalue weighted by Gasteiger charge is 2.12. The largest absolute Gasteiger partial charge is 0.494 e. The summed E-state index contributed by atoms with van der Waals surface area (Å²) in [4.78, 5) is 0. The molecule has 1 aromatic carbocycles. The molecule has 0 saturated heterocycles. The van der Waals surface area contributed by atoms with Crippen LogP contribution in [-0.2, 0) is 6.42 Å². The predicted octanol–water partition coefficient (Wildman–Crippen LogP) is 2.42. The Labute approximate surface area is 94.9 Å². The molecule has 1 atom stereocenters. The average molecular weight is 221 g/mol. The summed E-state index contributed by atoms with van der Waals surface area (Å²) in [5.41, 5.74) is 8.06. The summed E-state index contributed by atoms with van der Waals surface area (Å²) in [6.45, 7) is 0. The lowest BCUT2D eigenvalue weighted by Crippen LogP contribution is -2.11. The maximum absolute atomic E-state index is 13.4. The van der Waals surface area contributed by atoms with E-state index in [1.165, 1.54) is 18.7 Å².